The molecule has 2 rings (SSSR count). The van der Waals surface area contributed by atoms with E-state index in [2.05, 4.69) is 25.1 Å². The first kappa shape index (κ1) is 11.5. The van der Waals surface area contributed by atoms with E-state index in [1.165, 1.54) is 10.5 Å². The van der Waals surface area contributed by atoms with Gasteiger partial charge >= 0.3 is 0 Å². The Kier molecular flexibility index (Phi) is 3.88. The summed E-state index contributed by atoms with van der Waals surface area (Å²) in [7, 11) is 0. The van der Waals surface area contributed by atoms with E-state index in [4.69, 9.17) is 0 Å². The third-order valence-electron chi connectivity index (χ3n) is 2.77. The van der Waals surface area contributed by atoms with Gasteiger partial charge in [-0.2, -0.15) is 0 Å². The molecule has 0 spiro atoms. The molecule has 1 aliphatic rings. The maximum absolute atomic E-state index is 11.9. The third kappa shape index (κ3) is 2.59. The van der Waals surface area contributed by atoms with Crippen molar-refractivity contribution in [1.29, 1.82) is 0 Å². The lowest BCUT2D eigenvalue weighted by molar-refractivity contribution is -0.131. The van der Waals surface area contributed by atoms with Crippen molar-refractivity contribution in [2.24, 2.45) is 0 Å². The minimum absolute atomic E-state index is 0.291. The summed E-state index contributed by atoms with van der Waals surface area (Å²) in [5, 5.41) is 0. The largest absolute Gasteiger partial charge is 0.337 e. The molecule has 16 heavy (non-hydrogen) atoms. The number of fused-ring (bicyclic) bond motifs is 1. The van der Waals surface area contributed by atoms with E-state index in [-0.39, 0.29) is 0 Å². The Balaban J connectivity index is 2.13. The van der Waals surface area contributed by atoms with Crippen molar-refractivity contribution in [2.75, 3.05) is 12.3 Å². The SMILES string of the molecule is CCCC(=O)N1CCSc2ccccc2C1. The van der Waals surface area contributed by atoms with Crippen molar-refractivity contribution in [1.82, 2.24) is 4.90 Å². The average molecular weight is 235 g/mol. The van der Waals surface area contributed by atoms with Gasteiger partial charge in [0.15, 0.2) is 0 Å². The van der Waals surface area contributed by atoms with Gasteiger partial charge in [0.2, 0.25) is 5.91 Å². The highest BCUT2D eigenvalue weighted by atomic mass is 32.2. The van der Waals surface area contributed by atoms with E-state index < -0.39 is 0 Å². The van der Waals surface area contributed by atoms with Crippen LogP contribution in [0.2, 0.25) is 0 Å². The summed E-state index contributed by atoms with van der Waals surface area (Å²) in [5.74, 6) is 1.30. The van der Waals surface area contributed by atoms with Gasteiger partial charge in [-0.05, 0) is 18.1 Å². The molecule has 0 bridgehead atoms. The van der Waals surface area contributed by atoms with E-state index in [0.717, 1.165) is 25.3 Å². The van der Waals surface area contributed by atoms with Crippen LogP contribution in [0.4, 0.5) is 0 Å². The molecule has 0 atom stereocenters. The summed E-state index contributed by atoms with van der Waals surface area (Å²) in [6.45, 7) is 3.71. The van der Waals surface area contributed by atoms with Crippen molar-refractivity contribution in [3.05, 3.63) is 29.8 Å². The minimum Gasteiger partial charge on any atom is -0.337 e. The fourth-order valence-corrected chi connectivity index (χ4v) is 2.93. The van der Waals surface area contributed by atoms with E-state index in [1.54, 1.807) is 0 Å². The molecular weight excluding hydrogens is 218 g/mol. The number of thioether (sulfide) groups is 1. The van der Waals surface area contributed by atoms with Crippen molar-refractivity contribution >= 4 is 17.7 Å². The zero-order valence-electron chi connectivity index (χ0n) is 9.61. The molecule has 1 amide bonds. The van der Waals surface area contributed by atoms with Gasteiger partial charge in [-0.15, -0.1) is 11.8 Å². The van der Waals surface area contributed by atoms with Gasteiger partial charge in [0.25, 0.3) is 0 Å². The second kappa shape index (κ2) is 5.39. The van der Waals surface area contributed by atoms with E-state index >= 15 is 0 Å². The number of carbonyl (C=O) groups is 1. The normalized spacial score (nSPS) is 15.4. The molecule has 0 saturated heterocycles. The Morgan fingerprint density at radius 1 is 1.44 bits per heavy atom. The maximum Gasteiger partial charge on any atom is 0.222 e. The third-order valence-corrected chi connectivity index (χ3v) is 3.87. The summed E-state index contributed by atoms with van der Waals surface area (Å²) >= 11 is 1.85. The molecule has 1 aromatic carbocycles. The number of nitrogens with zero attached hydrogens (tertiary/aromatic N) is 1. The topological polar surface area (TPSA) is 20.3 Å². The second-order valence-electron chi connectivity index (χ2n) is 4.02. The van der Waals surface area contributed by atoms with Crippen LogP contribution in [0.5, 0.6) is 0 Å². The highest BCUT2D eigenvalue weighted by Crippen LogP contribution is 2.27. The van der Waals surface area contributed by atoms with Gasteiger partial charge in [-0.3, -0.25) is 4.79 Å². The highest BCUT2D eigenvalue weighted by molar-refractivity contribution is 7.99. The zero-order valence-corrected chi connectivity index (χ0v) is 10.4. The number of benzene rings is 1. The van der Waals surface area contributed by atoms with Crippen LogP contribution in [0.25, 0.3) is 0 Å². The van der Waals surface area contributed by atoms with Crippen LogP contribution in [0.3, 0.4) is 0 Å². The van der Waals surface area contributed by atoms with Gasteiger partial charge in [-0.1, -0.05) is 25.1 Å². The standard InChI is InChI=1S/C13H17NOS/c1-2-5-13(15)14-8-9-16-12-7-4-3-6-11(12)10-14/h3-4,6-7H,2,5,8-10H2,1H3. The molecule has 1 aromatic rings. The molecule has 1 heterocycles. The van der Waals surface area contributed by atoms with Crippen molar-refractivity contribution in [3.8, 4) is 0 Å². The Hall–Kier alpha value is -0.960. The first-order valence-corrected chi connectivity index (χ1v) is 6.78. The Labute approximate surface area is 101 Å². The van der Waals surface area contributed by atoms with Crippen LogP contribution >= 0.6 is 11.8 Å². The van der Waals surface area contributed by atoms with E-state index in [0.29, 0.717) is 12.3 Å². The molecule has 0 fully saturated rings. The van der Waals surface area contributed by atoms with Crippen LogP contribution in [0.1, 0.15) is 25.3 Å². The number of hydrogen-bond donors (Lipinski definition) is 0. The van der Waals surface area contributed by atoms with Gasteiger partial charge in [0.05, 0.1) is 0 Å². The number of carbonyl (C=O) groups excluding carboxylic acids is 1. The highest BCUT2D eigenvalue weighted by Gasteiger charge is 2.17. The lowest BCUT2D eigenvalue weighted by Gasteiger charge is -2.20. The molecule has 0 aromatic heterocycles. The summed E-state index contributed by atoms with van der Waals surface area (Å²) in [6.07, 6.45) is 1.61. The van der Waals surface area contributed by atoms with Crippen LogP contribution in [0, 0.1) is 0 Å². The van der Waals surface area contributed by atoms with Crippen molar-refractivity contribution < 1.29 is 4.79 Å². The van der Waals surface area contributed by atoms with E-state index in [9.17, 15) is 4.79 Å². The average Bonchev–Trinajstić information content (AvgIpc) is 2.51. The Morgan fingerprint density at radius 2 is 2.25 bits per heavy atom. The maximum atomic E-state index is 11.9. The fraction of sp³-hybridized carbons (Fsp3) is 0.462. The summed E-state index contributed by atoms with van der Waals surface area (Å²) in [5.41, 5.74) is 1.29. The van der Waals surface area contributed by atoms with E-state index in [1.807, 2.05) is 22.7 Å². The van der Waals surface area contributed by atoms with Crippen molar-refractivity contribution in [2.45, 2.75) is 31.2 Å². The number of amides is 1. The van der Waals surface area contributed by atoms with Gasteiger partial charge in [0.1, 0.15) is 0 Å². The molecule has 3 heteroatoms. The molecule has 2 nitrogen and oxygen atoms in total. The predicted molar refractivity (Wildman–Crippen MR) is 67.5 cm³/mol. The molecule has 0 unspecified atom stereocenters. The molecular formula is C13H17NOS. The quantitative estimate of drug-likeness (QED) is 0.785. The monoisotopic (exact) mass is 235 g/mol. The van der Waals surface area contributed by atoms with Crippen LogP contribution in [-0.2, 0) is 11.3 Å². The van der Waals surface area contributed by atoms with Crippen LogP contribution in [0.15, 0.2) is 29.2 Å². The minimum atomic E-state index is 0.291. The molecule has 0 aliphatic carbocycles. The number of rotatable bonds is 2. The lowest BCUT2D eigenvalue weighted by atomic mass is 10.2. The summed E-state index contributed by atoms with van der Waals surface area (Å²) < 4.78 is 0. The van der Waals surface area contributed by atoms with Gasteiger partial charge in [0, 0.05) is 30.2 Å². The first-order valence-electron chi connectivity index (χ1n) is 5.79. The number of hydrogen-bond acceptors (Lipinski definition) is 2. The Bertz CT molecular complexity index is 378. The Morgan fingerprint density at radius 3 is 3.06 bits per heavy atom. The van der Waals surface area contributed by atoms with Crippen LogP contribution in [-0.4, -0.2) is 23.1 Å². The molecule has 1 aliphatic heterocycles. The molecule has 86 valence electrons. The zero-order chi connectivity index (χ0) is 11.4. The summed E-state index contributed by atoms with van der Waals surface area (Å²) in [6, 6.07) is 8.39. The summed E-state index contributed by atoms with van der Waals surface area (Å²) in [4.78, 5) is 15.2. The lowest BCUT2D eigenvalue weighted by Crippen LogP contribution is -2.31. The molecule has 0 saturated carbocycles. The van der Waals surface area contributed by atoms with Gasteiger partial charge in [-0.25, -0.2) is 0 Å². The van der Waals surface area contributed by atoms with Gasteiger partial charge < -0.3 is 4.90 Å². The molecule has 0 N–H and O–H groups in total. The molecule has 0 radical (unpaired) electrons. The smallest absolute Gasteiger partial charge is 0.222 e. The van der Waals surface area contributed by atoms with Crippen molar-refractivity contribution in [3.63, 3.8) is 0 Å². The second-order valence-corrected chi connectivity index (χ2v) is 5.16. The first-order chi connectivity index (χ1) is 7.81. The van der Waals surface area contributed by atoms with Crippen LogP contribution < -0.4 is 0 Å². The fourth-order valence-electron chi connectivity index (χ4n) is 1.91. The predicted octanol–water partition coefficient (Wildman–Crippen LogP) is 2.92.